The molecular weight excluding hydrogens is 226 g/mol. The second-order valence-electron chi connectivity index (χ2n) is 4.72. The Morgan fingerprint density at radius 2 is 1.94 bits per heavy atom. The molecule has 0 amide bonds. The van der Waals surface area contributed by atoms with Crippen LogP contribution in [-0.4, -0.2) is 31.5 Å². The Hall–Kier alpha value is -0.900. The summed E-state index contributed by atoms with van der Waals surface area (Å²) in [5.74, 6) is 0. The van der Waals surface area contributed by atoms with Crippen molar-refractivity contribution >= 4 is 0 Å². The zero-order valence-electron chi connectivity index (χ0n) is 11.3. The third-order valence-electron chi connectivity index (χ3n) is 3.45. The number of hydrogen-bond acceptors (Lipinski definition) is 3. The molecule has 3 nitrogen and oxygen atoms in total. The summed E-state index contributed by atoms with van der Waals surface area (Å²) in [7, 11) is 0. The molecule has 0 aliphatic rings. The predicted molar refractivity (Wildman–Crippen MR) is 74.6 cm³/mol. The van der Waals surface area contributed by atoms with Crippen molar-refractivity contribution in [1.29, 1.82) is 0 Å². The molecule has 0 aliphatic carbocycles. The fourth-order valence-electron chi connectivity index (χ4n) is 2.01. The molecule has 1 rings (SSSR count). The summed E-state index contributed by atoms with van der Waals surface area (Å²) in [6, 6.07) is 9.98. The molecule has 0 bridgehead atoms. The van der Waals surface area contributed by atoms with Gasteiger partial charge in [-0.2, -0.15) is 0 Å². The van der Waals surface area contributed by atoms with Gasteiger partial charge >= 0.3 is 0 Å². The van der Waals surface area contributed by atoms with Crippen molar-refractivity contribution in [3.05, 3.63) is 35.9 Å². The summed E-state index contributed by atoms with van der Waals surface area (Å²) in [6.07, 6.45) is 2.98. The van der Waals surface area contributed by atoms with Crippen molar-refractivity contribution in [2.75, 3.05) is 26.4 Å². The maximum atomic E-state index is 9.70. The van der Waals surface area contributed by atoms with Crippen LogP contribution < -0.4 is 5.73 Å². The molecular formula is C15H25NO2. The summed E-state index contributed by atoms with van der Waals surface area (Å²) < 4.78 is 5.59. The van der Waals surface area contributed by atoms with Gasteiger partial charge in [0.15, 0.2) is 0 Å². The Balaban J connectivity index is 2.58. The molecule has 0 aliphatic heterocycles. The van der Waals surface area contributed by atoms with Gasteiger partial charge in [0.25, 0.3) is 0 Å². The van der Waals surface area contributed by atoms with Gasteiger partial charge in [-0.15, -0.1) is 0 Å². The Kier molecular flexibility index (Phi) is 6.94. The molecule has 1 unspecified atom stereocenters. The lowest BCUT2D eigenvalue weighted by Gasteiger charge is -2.31. The molecule has 1 atom stereocenters. The van der Waals surface area contributed by atoms with Crippen molar-refractivity contribution in [1.82, 2.24) is 0 Å². The molecule has 1 aromatic rings. The fourth-order valence-corrected chi connectivity index (χ4v) is 2.01. The molecule has 0 spiro atoms. The summed E-state index contributed by atoms with van der Waals surface area (Å²) in [5, 5.41) is 9.70. The van der Waals surface area contributed by atoms with E-state index in [2.05, 4.69) is 6.92 Å². The third-order valence-corrected chi connectivity index (χ3v) is 3.45. The molecule has 1 aromatic carbocycles. The molecule has 0 fully saturated rings. The van der Waals surface area contributed by atoms with Gasteiger partial charge in [0.2, 0.25) is 0 Å². The monoisotopic (exact) mass is 251 g/mol. The molecule has 3 N–H and O–H groups in total. The third kappa shape index (κ3) is 4.09. The van der Waals surface area contributed by atoms with E-state index in [-0.39, 0.29) is 12.0 Å². The van der Waals surface area contributed by atoms with Gasteiger partial charge in [-0.25, -0.2) is 0 Å². The zero-order valence-corrected chi connectivity index (χ0v) is 11.3. The topological polar surface area (TPSA) is 55.5 Å². The van der Waals surface area contributed by atoms with E-state index in [9.17, 15) is 5.11 Å². The Bertz CT molecular complexity index is 310. The number of aliphatic hydroxyl groups is 1. The minimum Gasteiger partial charge on any atom is -0.395 e. The first kappa shape index (κ1) is 15.2. The van der Waals surface area contributed by atoms with E-state index in [1.165, 1.54) is 0 Å². The van der Waals surface area contributed by atoms with Crippen LogP contribution >= 0.6 is 0 Å². The molecule has 18 heavy (non-hydrogen) atoms. The Labute approximate surface area is 110 Å². The molecule has 0 saturated carbocycles. The van der Waals surface area contributed by atoms with Crippen LogP contribution in [0.3, 0.4) is 0 Å². The highest BCUT2D eigenvalue weighted by Crippen LogP contribution is 2.26. The minimum absolute atomic E-state index is 0.0602. The van der Waals surface area contributed by atoms with Crippen LogP contribution in [0.4, 0.5) is 0 Å². The van der Waals surface area contributed by atoms with Gasteiger partial charge in [0.1, 0.15) is 0 Å². The summed E-state index contributed by atoms with van der Waals surface area (Å²) in [4.78, 5) is 0. The lowest BCUT2D eigenvalue weighted by molar-refractivity contribution is 0.0930. The van der Waals surface area contributed by atoms with Crippen LogP contribution in [0, 0.1) is 0 Å². The molecule has 0 heterocycles. The minimum atomic E-state index is -0.368. The Morgan fingerprint density at radius 3 is 2.50 bits per heavy atom. The lowest BCUT2D eigenvalue weighted by atomic mass is 9.78. The van der Waals surface area contributed by atoms with Crippen molar-refractivity contribution in [3.8, 4) is 0 Å². The number of benzene rings is 1. The summed E-state index contributed by atoms with van der Waals surface area (Å²) in [6.45, 7) is 4.07. The van der Waals surface area contributed by atoms with E-state index in [0.717, 1.165) is 31.4 Å². The first-order valence-corrected chi connectivity index (χ1v) is 6.73. The van der Waals surface area contributed by atoms with E-state index in [0.29, 0.717) is 13.2 Å². The van der Waals surface area contributed by atoms with Crippen LogP contribution in [-0.2, 0) is 10.2 Å². The molecule has 0 saturated heterocycles. The van der Waals surface area contributed by atoms with Gasteiger partial charge in [-0.05, 0) is 18.4 Å². The smallest absolute Gasteiger partial charge is 0.0541 e. The molecule has 102 valence electrons. The van der Waals surface area contributed by atoms with Crippen molar-refractivity contribution in [2.45, 2.75) is 31.6 Å². The maximum absolute atomic E-state index is 9.70. The highest BCUT2D eigenvalue weighted by atomic mass is 16.5. The van der Waals surface area contributed by atoms with E-state index in [1.54, 1.807) is 0 Å². The maximum Gasteiger partial charge on any atom is 0.0541 e. The second-order valence-corrected chi connectivity index (χ2v) is 4.72. The molecule has 3 heteroatoms. The first-order valence-electron chi connectivity index (χ1n) is 6.73. The van der Waals surface area contributed by atoms with Crippen LogP contribution in [0.5, 0.6) is 0 Å². The standard InChI is InChI=1S/C15H25NO2/c1-2-3-10-18-11-9-15(12-16,13-17)14-7-5-4-6-8-14/h4-8,17H,2-3,9-13,16H2,1H3. The lowest BCUT2D eigenvalue weighted by Crippen LogP contribution is -2.40. The highest BCUT2D eigenvalue weighted by Gasteiger charge is 2.29. The normalized spacial score (nSPS) is 14.4. The van der Waals surface area contributed by atoms with Gasteiger partial charge in [-0.3, -0.25) is 0 Å². The van der Waals surface area contributed by atoms with Crippen molar-refractivity contribution < 1.29 is 9.84 Å². The van der Waals surface area contributed by atoms with Crippen LogP contribution in [0.25, 0.3) is 0 Å². The number of aliphatic hydroxyl groups excluding tert-OH is 1. The van der Waals surface area contributed by atoms with Crippen LogP contribution in [0.2, 0.25) is 0 Å². The predicted octanol–water partition coefficient (Wildman–Crippen LogP) is 2.08. The summed E-state index contributed by atoms with van der Waals surface area (Å²) in [5.41, 5.74) is 6.60. The average molecular weight is 251 g/mol. The first-order chi connectivity index (χ1) is 8.79. The van der Waals surface area contributed by atoms with Crippen molar-refractivity contribution in [2.24, 2.45) is 5.73 Å². The van der Waals surface area contributed by atoms with Crippen LogP contribution in [0.1, 0.15) is 31.7 Å². The van der Waals surface area contributed by atoms with Crippen LogP contribution in [0.15, 0.2) is 30.3 Å². The van der Waals surface area contributed by atoms with Gasteiger partial charge in [-0.1, -0.05) is 43.7 Å². The number of ether oxygens (including phenoxy) is 1. The van der Waals surface area contributed by atoms with E-state index < -0.39 is 0 Å². The number of unbranched alkanes of at least 4 members (excludes halogenated alkanes) is 1. The van der Waals surface area contributed by atoms with Crippen molar-refractivity contribution in [3.63, 3.8) is 0 Å². The number of rotatable bonds is 9. The van der Waals surface area contributed by atoms with Gasteiger partial charge in [0, 0.05) is 25.2 Å². The highest BCUT2D eigenvalue weighted by molar-refractivity contribution is 5.26. The number of nitrogens with two attached hydrogens (primary N) is 1. The molecule has 0 aromatic heterocycles. The fraction of sp³-hybridized carbons (Fsp3) is 0.600. The van der Waals surface area contributed by atoms with Gasteiger partial charge < -0.3 is 15.6 Å². The second kappa shape index (κ2) is 8.25. The quantitative estimate of drug-likeness (QED) is 0.661. The van der Waals surface area contributed by atoms with Gasteiger partial charge in [0.05, 0.1) is 6.61 Å². The average Bonchev–Trinajstić information content (AvgIpc) is 2.44. The zero-order chi connectivity index (χ0) is 13.3. The molecule has 0 radical (unpaired) electrons. The van der Waals surface area contributed by atoms with E-state index >= 15 is 0 Å². The Morgan fingerprint density at radius 1 is 1.22 bits per heavy atom. The largest absolute Gasteiger partial charge is 0.395 e. The SMILES string of the molecule is CCCCOCCC(CN)(CO)c1ccccc1. The van der Waals surface area contributed by atoms with E-state index in [4.69, 9.17) is 10.5 Å². The number of hydrogen-bond donors (Lipinski definition) is 2. The van der Waals surface area contributed by atoms with E-state index in [1.807, 2.05) is 30.3 Å². The summed E-state index contributed by atoms with van der Waals surface area (Å²) >= 11 is 0.